The molecule has 2 aromatic heterocycles. The van der Waals surface area contributed by atoms with E-state index in [9.17, 15) is 24.0 Å². The van der Waals surface area contributed by atoms with Crippen LogP contribution in [0.2, 0.25) is 0 Å². The van der Waals surface area contributed by atoms with E-state index in [1.165, 1.54) is 0 Å². The highest BCUT2D eigenvalue weighted by Crippen LogP contribution is 2.39. The molecule has 2 saturated heterocycles. The lowest BCUT2D eigenvalue weighted by Crippen LogP contribution is -2.54. The summed E-state index contributed by atoms with van der Waals surface area (Å²) in [6.45, 7) is 4.80. The Kier molecular flexibility index (Phi) is 9.42. The first-order chi connectivity index (χ1) is 26.4. The molecule has 55 heavy (non-hydrogen) atoms. The molecular weight excluding hydrogens is 702 g/mol. The number of rotatable bonds is 9. The summed E-state index contributed by atoms with van der Waals surface area (Å²) >= 11 is 0. The molecule has 6 heterocycles. The molecule has 4 amide bonds. The number of nitrogens with one attached hydrogen (secondary N) is 1. The van der Waals surface area contributed by atoms with Crippen LogP contribution >= 0.6 is 0 Å². The van der Waals surface area contributed by atoms with Crippen LogP contribution in [0.3, 0.4) is 0 Å². The van der Waals surface area contributed by atoms with Gasteiger partial charge < -0.3 is 18.9 Å². The number of nitrogens with zero attached hydrogens (tertiary/aromatic N) is 6. The number of pyridine rings is 2. The van der Waals surface area contributed by atoms with Crippen molar-refractivity contribution in [1.82, 2.24) is 29.6 Å². The molecule has 1 unspecified atom stereocenters. The normalized spacial score (nSPS) is 19.2. The highest BCUT2D eigenvalue weighted by Gasteiger charge is 2.45. The van der Waals surface area contributed by atoms with E-state index in [0.717, 1.165) is 87.9 Å². The van der Waals surface area contributed by atoms with Crippen molar-refractivity contribution in [1.29, 1.82) is 0 Å². The zero-order valence-electron chi connectivity index (χ0n) is 31.8. The Balaban J connectivity index is 0.925. The van der Waals surface area contributed by atoms with Gasteiger partial charge in [-0.05, 0) is 85.3 Å². The average Bonchev–Trinajstić information content (AvgIpc) is 3.68. The highest BCUT2D eigenvalue weighted by atomic mass is 16.5. The highest BCUT2D eigenvalue weighted by molar-refractivity contribution is 6.23. The zero-order chi connectivity index (χ0) is 38.7. The fourth-order valence-electron chi connectivity index (χ4n) is 8.60. The monoisotopic (exact) mass is 747 g/mol. The van der Waals surface area contributed by atoms with Crippen LogP contribution in [0.15, 0.2) is 47.5 Å². The van der Waals surface area contributed by atoms with E-state index in [4.69, 9.17) is 9.47 Å². The Morgan fingerprint density at radius 3 is 2.04 bits per heavy atom. The molecule has 14 heteroatoms. The molecule has 2 fully saturated rings. The van der Waals surface area contributed by atoms with E-state index in [-0.39, 0.29) is 24.3 Å². The number of hydrogen-bond acceptors (Lipinski definition) is 11. The quantitative estimate of drug-likeness (QED) is 0.252. The first-order valence-electron chi connectivity index (χ1n) is 18.7. The third kappa shape index (κ3) is 6.52. The van der Waals surface area contributed by atoms with Gasteiger partial charge in [0, 0.05) is 77.1 Å². The second kappa shape index (κ2) is 14.2. The fraction of sp³-hybridized carbons (Fsp3) is 0.415. The van der Waals surface area contributed by atoms with E-state index in [1.807, 2.05) is 55.5 Å². The van der Waals surface area contributed by atoms with Crippen LogP contribution in [0, 0.1) is 5.92 Å². The third-order valence-corrected chi connectivity index (χ3v) is 11.6. The van der Waals surface area contributed by atoms with Gasteiger partial charge in [-0.15, -0.1) is 0 Å². The molecule has 8 rings (SSSR count). The van der Waals surface area contributed by atoms with Gasteiger partial charge in [-0.1, -0.05) is 0 Å². The average molecular weight is 748 g/mol. The minimum Gasteiger partial charge on any atom is -0.496 e. The standard InChI is InChI=1S/C41H45N7O7/c1-44(2)36-16-27-30(17-42-36)39(51)45(3)21-31(27)24-14-34(54-4)32(35(15-24)55-5)22-46-10-8-23(9-11-46)18-47-19-25-12-28-29(13-26(25)20-47)41(53)48(40(28)52)33-6-7-37(49)43-38(33)50/h12-17,21,23,33H,6-11,18-20,22H2,1-5H3,(H,43,49,50). The minimum absolute atomic E-state index is 0.0950. The Bertz CT molecular complexity index is 2260. The van der Waals surface area contributed by atoms with Gasteiger partial charge in [0.25, 0.3) is 17.4 Å². The maximum absolute atomic E-state index is 13.3. The summed E-state index contributed by atoms with van der Waals surface area (Å²) in [5.74, 6) is 0.764. The molecule has 2 aromatic carbocycles. The first-order valence-corrected chi connectivity index (χ1v) is 18.7. The minimum atomic E-state index is -0.966. The van der Waals surface area contributed by atoms with Crippen molar-refractivity contribution in [3.63, 3.8) is 0 Å². The Labute approximate surface area is 318 Å². The number of methoxy groups -OCH3 is 2. The molecule has 4 aromatic rings. The predicted octanol–water partition coefficient (Wildman–Crippen LogP) is 3.31. The van der Waals surface area contributed by atoms with E-state index in [2.05, 4.69) is 20.1 Å². The van der Waals surface area contributed by atoms with Crippen molar-refractivity contribution in [2.24, 2.45) is 13.0 Å². The van der Waals surface area contributed by atoms with Gasteiger partial charge in [0.1, 0.15) is 23.4 Å². The van der Waals surface area contributed by atoms with Gasteiger partial charge in [-0.2, -0.15) is 0 Å². The number of likely N-dealkylation sites (tertiary alicyclic amines) is 1. The lowest BCUT2D eigenvalue weighted by Gasteiger charge is -2.34. The van der Waals surface area contributed by atoms with Gasteiger partial charge in [0.15, 0.2) is 0 Å². The van der Waals surface area contributed by atoms with Crippen molar-refractivity contribution in [2.75, 3.05) is 52.8 Å². The summed E-state index contributed by atoms with van der Waals surface area (Å²) < 4.78 is 13.5. The fourth-order valence-corrected chi connectivity index (χ4v) is 8.60. The van der Waals surface area contributed by atoms with E-state index < -0.39 is 23.8 Å². The Morgan fingerprint density at radius 2 is 1.45 bits per heavy atom. The predicted molar refractivity (Wildman–Crippen MR) is 205 cm³/mol. The van der Waals surface area contributed by atoms with Gasteiger partial charge in [0.05, 0.1) is 36.3 Å². The van der Waals surface area contributed by atoms with Gasteiger partial charge in [0.2, 0.25) is 11.8 Å². The lowest BCUT2D eigenvalue weighted by atomic mass is 9.95. The van der Waals surface area contributed by atoms with E-state index in [1.54, 1.807) is 32.0 Å². The topological polar surface area (TPSA) is 147 Å². The van der Waals surface area contributed by atoms with E-state index >= 15 is 0 Å². The molecule has 4 aliphatic rings. The molecule has 0 bridgehead atoms. The number of ether oxygens (including phenoxy) is 2. The Hall–Kier alpha value is -5.60. The molecule has 0 radical (unpaired) electrons. The van der Waals surface area contributed by atoms with Gasteiger partial charge in [-0.25, -0.2) is 4.98 Å². The summed E-state index contributed by atoms with van der Waals surface area (Å²) in [4.78, 5) is 76.1. The summed E-state index contributed by atoms with van der Waals surface area (Å²) in [6.07, 6.45) is 5.78. The molecule has 14 nitrogen and oxygen atoms in total. The second-order valence-corrected chi connectivity index (χ2v) is 15.3. The summed E-state index contributed by atoms with van der Waals surface area (Å²) in [7, 11) is 8.93. The van der Waals surface area contributed by atoms with Crippen LogP contribution in [0.1, 0.15) is 63.1 Å². The van der Waals surface area contributed by atoms with Crippen molar-refractivity contribution < 1.29 is 28.7 Å². The number of aromatic nitrogens is 2. The number of benzene rings is 2. The number of hydrogen-bond donors (Lipinski definition) is 1. The molecule has 1 N–H and O–H groups in total. The lowest BCUT2D eigenvalue weighted by molar-refractivity contribution is -0.136. The second-order valence-electron chi connectivity index (χ2n) is 15.3. The number of anilines is 1. The van der Waals surface area contributed by atoms with Crippen molar-refractivity contribution in [3.05, 3.63) is 80.9 Å². The van der Waals surface area contributed by atoms with Crippen molar-refractivity contribution in [2.45, 2.75) is 51.4 Å². The largest absolute Gasteiger partial charge is 0.496 e. The maximum atomic E-state index is 13.3. The molecule has 0 saturated carbocycles. The number of fused-ring (bicyclic) bond motifs is 3. The summed E-state index contributed by atoms with van der Waals surface area (Å²) in [5, 5.41) is 3.60. The van der Waals surface area contributed by atoms with E-state index in [0.29, 0.717) is 42.1 Å². The van der Waals surface area contributed by atoms with Gasteiger partial charge >= 0.3 is 0 Å². The molecule has 286 valence electrons. The van der Waals surface area contributed by atoms with Crippen LogP contribution < -0.4 is 25.2 Å². The van der Waals surface area contributed by atoms with Crippen LogP contribution in [-0.4, -0.2) is 102 Å². The SMILES string of the molecule is COc1cc(-c2cn(C)c(=O)c3cnc(N(C)C)cc23)cc(OC)c1CN1CCC(CN2Cc3cc4c(cc3C2)C(=O)N(C2CCC(=O)NC2=O)C4=O)CC1. The molecular formula is C41H45N7O7. The van der Waals surface area contributed by atoms with Gasteiger partial charge in [-0.3, -0.25) is 44.0 Å². The molecule has 0 aliphatic carbocycles. The molecule has 1 atom stereocenters. The third-order valence-electron chi connectivity index (χ3n) is 11.6. The maximum Gasteiger partial charge on any atom is 0.262 e. The number of carbonyl (C=O) groups is 4. The van der Waals surface area contributed by atoms with Crippen LogP contribution in [0.4, 0.5) is 5.82 Å². The first kappa shape index (κ1) is 36.4. The van der Waals surface area contributed by atoms with Crippen LogP contribution in [0.5, 0.6) is 11.5 Å². The van der Waals surface area contributed by atoms with Crippen LogP contribution in [-0.2, 0) is 36.3 Å². The summed E-state index contributed by atoms with van der Waals surface area (Å²) in [5.41, 5.74) is 5.36. The number of aryl methyl sites for hydroxylation is 1. The van der Waals surface area contributed by atoms with Crippen molar-refractivity contribution >= 4 is 40.2 Å². The summed E-state index contributed by atoms with van der Waals surface area (Å²) in [6, 6.07) is 8.67. The number of amides is 4. The van der Waals surface area contributed by atoms with Crippen LogP contribution in [0.25, 0.3) is 21.9 Å². The molecule has 4 aliphatic heterocycles. The Morgan fingerprint density at radius 1 is 0.818 bits per heavy atom. The number of carbonyl (C=O) groups excluding carboxylic acids is 4. The number of piperidine rings is 2. The van der Waals surface area contributed by atoms with Crippen molar-refractivity contribution in [3.8, 4) is 22.6 Å². The smallest absolute Gasteiger partial charge is 0.262 e. The number of imide groups is 2. The molecule has 0 spiro atoms. The zero-order valence-corrected chi connectivity index (χ0v) is 31.8.